The van der Waals surface area contributed by atoms with Crippen molar-refractivity contribution in [1.82, 2.24) is 15.5 Å². The Morgan fingerprint density at radius 3 is 2.24 bits per heavy atom. The molecule has 37 heavy (non-hydrogen) atoms. The van der Waals surface area contributed by atoms with Gasteiger partial charge in [0.15, 0.2) is 0 Å². The molecule has 0 aromatic heterocycles. The van der Waals surface area contributed by atoms with Gasteiger partial charge in [0.05, 0.1) is 0 Å². The van der Waals surface area contributed by atoms with Crippen LogP contribution in [0.5, 0.6) is 5.75 Å². The van der Waals surface area contributed by atoms with E-state index in [1.807, 2.05) is 20.8 Å². The van der Waals surface area contributed by atoms with Crippen LogP contribution in [0, 0.1) is 5.92 Å². The van der Waals surface area contributed by atoms with Crippen LogP contribution in [0.4, 0.5) is 4.79 Å². The van der Waals surface area contributed by atoms with Crippen LogP contribution in [0.3, 0.4) is 0 Å². The Labute approximate surface area is 223 Å². The second-order valence-corrected chi connectivity index (χ2v) is 10.9. The van der Waals surface area contributed by atoms with Gasteiger partial charge < -0.3 is 25.4 Å². The summed E-state index contributed by atoms with van der Waals surface area (Å²) >= 11 is 0. The fraction of sp³-hybridized carbons (Fsp3) is 0.690. The Morgan fingerprint density at radius 1 is 1.03 bits per heavy atom. The average molecular weight is 520 g/mol. The molecule has 0 aliphatic heterocycles. The van der Waals surface area contributed by atoms with Gasteiger partial charge in [-0.05, 0) is 64.2 Å². The monoisotopic (exact) mass is 519 g/mol. The quantitative estimate of drug-likeness (QED) is 0.273. The second kappa shape index (κ2) is 15.5. The number of nitrogens with one attached hydrogen (secondary N) is 2. The highest BCUT2D eigenvalue weighted by atomic mass is 16.6. The summed E-state index contributed by atoms with van der Waals surface area (Å²) in [5.41, 5.74) is -0.195. The molecule has 4 unspecified atom stereocenters. The molecule has 8 nitrogen and oxygen atoms in total. The lowest BCUT2D eigenvalue weighted by atomic mass is 9.95. The zero-order valence-electron chi connectivity index (χ0n) is 24.1. The molecule has 0 fully saturated rings. The highest BCUT2D eigenvalue weighted by Crippen LogP contribution is 2.27. The number of amides is 3. The fourth-order valence-corrected chi connectivity index (χ4v) is 4.19. The van der Waals surface area contributed by atoms with Crippen molar-refractivity contribution in [2.45, 2.75) is 118 Å². The van der Waals surface area contributed by atoms with Crippen LogP contribution in [0.25, 0.3) is 0 Å². The summed E-state index contributed by atoms with van der Waals surface area (Å²) in [4.78, 5) is 42.1. The van der Waals surface area contributed by atoms with Crippen molar-refractivity contribution in [1.29, 1.82) is 0 Å². The summed E-state index contributed by atoms with van der Waals surface area (Å²) < 4.78 is 5.45. The zero-order chi connectivity index (χ0) is 28.2. The third kappa shape index (κ3) is 11.0. The Kier molecular flexibility index (Phi) is 13.5. The molecule has 4 atom stereocenters. The van der Waals surface area contributed by atoms with Crippen LogP contribution in [-0.4, -0.2) is 52.1 Å². The average Bonchev–Trinajstić information content (AvgIpc) is 2.80. The van der Waals surface area contributed by atoms with Gasteiger partial charge in [0.2, 0.25) is 11.8 Å². The summed E-state index contributed by atoms with van der Waals surface area (Å²) in [6.07, 6.45) is 4.22. The van der Waals surface area contributed by atoms with Crippen molar-refractivity contribution in [3.63, 3.8) is 0 Å². The minimum Gasteiger partial charge on any atom is -0.508 e. The number of carbonyl (C=O) groups is 3. The molecule has 0 radical (unpaired) electrons. The van der Waals surface area contributed by atoms with Crippen molar-refractivity contribution in [2.75, 3.05) is 6.54 Å². The molecular formula is C29H49N3O5. The van der Waals surface area contributed by atoms with Crippen LogP contribution < -0.4 is 10.6 Å². The van der Waals surface area contributed by atoms with Gasteiger partial charge in [0, 0.05) is 12.6 Å². The molecule has 0 heterocycles. The molecule has 3 amide bonds. The first-order valence-corrected chi connectivity index (χ1v) is 13.7. The van der Waals surface area contributed by atoms with Gasteiger partial charge in [-0.25, -0.2) is 4.79 Å². The summed E-state index contributed by atoms with van der Waals surface area (Å²) in [6.45, 7) is 15.6. The molecule has 1 aromatic carbocycles. The van der Waals surface area contributed by atoms with Gasteiger partial charge in [-0.2, -0.15) is 0 Å². The number of phenols is 1. The topological polar surface area (TPSA) is 108 Å². The Morgan fingerprint density at radius 2 is 1.70 bits per heavy atom. The van der Waals surface area contributed by atoms with Gasteiger partial charge in [0.1, 0.15) is 23.4 Å². The van der Waals surface area contributed by atoms with Gasteiger partial charge in [0.25, 0.3) is 0 Å². The van der Waals surface area contributed by atoms with Crippen molar-refractivity contribution in [2.24, 2.45) is 5.92 Å². The largest absolute Gasteiger partial charge is 0.508 e. The standard InChI is InChI=1S/C29H49N3O5/c1-9-12-13-18-32(27(35)24(20(4)11-3)31-28(36)37-29(6,7)8)25(22-16-14-17-23(33)19-22)26(34)30-21(5)15-10-2/h14,16-17,19-21,24-25,33H,9-13,15,18H2,1-8H3,(H,30,34)(H,31,36). The van der Waals surface area contributed by atoms with Gasteiger partial charge in [-0.1, -0.05) is 65.5 Å². The Balaban J connectivity index is 3.52. The van der Waals surface area contributed by atoms with Crippen molar-refractivity contribution in [3.8, 4) is 5.75 Å². The van der Waals surface area contributed by atoms with Crippen LogP contribution in [-0.2, 0) is 14.3 Å². The molecule has 1 aromatic rings. The molecular weight excluding hydrogens is 470 g/mol. The minimum atomic E-state index is -0.956. The molecule has 0 spiro atoms. The molecule has 0 aliphatic carbocycles. The summed E-state index contributed by atoms with van der Waals surface area (Å²) in [7, 11) is 0. The van der Waals surface area contributed by atoms with Crippen LogP contribution >= 0.6 is 0 Å². The third-order valence-electron chi connectivity index (χ3n) is 6.29. The molecule has 210 valence electrons. The SMILES string of the molecule is CCCCCN(C(=O)C(NC(=O)OC(C)(C)C)C(C)CC)C(C(=O)NC(C)CCC)c1cccc(O)c1. The number of aromatic hydroxyl groups is 1. The second-order valence-electron chi connectivity index (χ2n) is 10.9. The Hall–Kier alpha value is -2.77. The molecule has 0 aliphatic rings. The molecule has 8 heteroatoms. The summed E-state index contributed by atoms with van der Waals surface area (Å²) in [5, 5.41) is 16.0. The predicted octanol–water partition coefficient (Wildman–Crippen LogP) is 5.70. The number of carbonyl (C=O) groups excluding carboxylic acids is 3. The lowest BCUT2D eigenvalue weighted by Crippen LogP contribution is -2.55. The number of ether oxygens (including phenoxy) is 1. The molecule has 0 saturated carbocycles. The van der Waals surface area contributed by atoms with E-state index in [-0.39, 0.29) is 29.5 Å². The molecule has 0 saturated heterocycles. The van der Waals surface area contributed by atoms with Gasteiger partial charge >= 0.3 is 6.09 Å². The van der Waals surface area contributed by atoms with Crippen LogP contribution in [0.1, 0.15) is 106 Å². The van der Waals surface area contributed by atoms with Crippen molar-refractivity contribution < 1.29 is 24.2 Å². The molecule has 3 N–H and O–H groups in total. The van der Waals surface area contributed by atoms with E-state index in [4.69, 9.17) is 4.74 Å². The third-order valence-corrected chi connectivity index (χ3v) is 6.29. The van der Waals surface area contributed by atoms with E-state index in [1.54, 1.807) is 37.8 Å². The first-order valence-electron chi connectivity index (χ1n) is 13.7. The smallest absolute Gasteiger partial charge is 0.408 e. The van der Waals surface area contributed by atoms with Gasteiger partial charge in [-0.15, -0.1) is 0 Å². The predicted molar refractivity (Wildman–Crippen MR) is 147 cm³/mol. The lowest BCUT2D eigenvalue weighted by Gasteiger charge is -2.36. The molecule has 1 rings (SSSR count). The number of hydrogen-bond donors (Lipinski definition) is 3. The number of unbranched alkanes of at least 4 members (excludes halogenated alkanes) is 2. The van der Waals surface area contributed by atoms with Crippen LogP contribution in [0.2, 0.25) is 0 Å². The first kappa shape index (κ1) is 32.3. The number of hydrogen-bond acceptors (Lipinski definition) is 5. The maximum Gasteiger partial charge on any atom is 0.408 e. The van der Waals surface area contributed by atoms with E-state index < -0.39 is 23.8 Å². The normalized spacial score (nSPS) is 14.7. The fourth-order valence-electron chi connectivity index (χ4n) is 4.19. The minimum absolute atomic E-state index is 0.0169. The maximum absolute atomic E-state index is 14.2. The van der Waals surface area contributed by atoms with E-state index in [0.29, 0.717) is 24.9 Å². The van der Waals surface area contributed by atoms with E-state index in [0.717, 1.165) is 25.7 Å². The van der Waals surface area contributed by atoms with E-state index in [1.165, 1.54) is 12.1 Å². The lowest BCUT2D eigenvalue weighted by molar-refractivity contribution is -0.143. The number of rotatable bonds is 14. The zero-order valence-corrected chi connectivity index (χ0v) is 24.1. The molecule has 0 bridgehead atoms. The summed E-state index contributed by atoms with van der Waals surface area (Å²) in [6, 6.07) is 4.57. The van der Waals surface area contributed by atoms with Gasteiger partial charge in [-0.3, -0.25) is 9.59 Å². The van der Waals surface area contributed by atoms with E-state index in [2.05, 4.69) is 24.5 Å². The van der Waals surface area contributed by atoms with E-state index >= 15 is 0 Å². The van der Waals surface area contributed by atoms with Crippen LogP contribution in [0.15, 0.2) is 24.3 Å². The summed E-state index contributed by atoms with van der Waals surface area (Å²) in [5.74, 6) is -0.830. The van der Waals surface area contributed by atoms with Crippen molar-refractivity contribution >= 4 is 17.9 Å². The maximum atomic E-state index is 14.2. The number of phenolic OH excluding ortho intramolecular Hbond substituents is 1. The first-order chi connectivity index (χ1) is 17.3. The number of alkyl carbamates (subject to hydrolysis) is 1. The highest BCUT2D eigenvalue weighted by molar-refractivity contribution is 5.92. The number of nitrogens with zero attached hydrogens (tertiary/aromatic N) is 1. The highest BCUT2D eigenvalue weighted by Gasteiger charge is 2.38. The number of benzene rings is 1. The Bertz CT molecular complexity index is 867. The van der Waals surface area contributed by atoms with E-state index in [9.17, 15) is 19.5 Å². The van der Waals surface area contributed by atoms with Crippen molar-refractivity contribution in [3.05, 3.63) is 29.8 Å².